The van der Waals surface area contributed by atoms with Crippen molar-refractivity contribution in [2.75, 3.05) is 27.0 Å². The molecule has 7 nitrogen and oxygen atoms in total. The van der Waals surface area contributed by atoms with Crippen LogP contribution in [0.25, 0.3) is 11.0 Å². The zero-order valence-corrected chi connectivity index (χ0v) is 18.3. The highest BCUT2D eigenvalue weighted by molar-refractivity contribution is 7.89. The molecule has 0 atom stereocenters. The van der Waals surface area contributed by atoms with Crippen LogP contribution >= 0.6 is 0 Å². The van der Waals surface area contributed by atoms with Gasteiger partial charge in [0, 0.05) is 30.3 Å². The van der Waals surface area contributed by atoms with Crippen molar-refractivity contribution in [3.8, 4) is 11.5 Å². The van der Waals surface area contributed by atoms with Gasteiger partial charge in [-0.15, -0.1) is 0 Å². The first kappa shape index (κ1) is 21.7. The molecule has 0 aliphatic heterocycles. The van der Waals surface area contributed by atoms with Crippen LogP contribution in [0.3, 0.4) is 0 Å². The van der Waals surface area contributed by atoms with Crippen LogP contribution in [0.1, 0.15) is 28.6 Å². The zero-order valence-electron chi connectivity index (χ0n) is 17.5. The third-order valence-corrected chi connectivity index (χ3v) is 5.60. The summed E-state index contributed by atoms with van der Waals surface area (Å²) in [4.78, 5) is 14.9. The molecule has 0 saturated carbocycles. The minimum absolute atomic E-state index is 0.0592. The van der Waals surface area contributed by atoms with Crippen LogP contribution in [0.15, 0.2) is 46.9 Å². The fourth-order valence-corrected chi connectivity index (χ4v) is 4.16. The monoisotopic (exact) mass is 431 g/mol. The molecular weight excluding hydrogens is 406 g/mol. The predicted molar refractivity (Wildman–Crippen MR) is 115 cm³/mol. The van der Waals surface area contributed by atoms with Crippen LogP contribution in [-0.2, 0) is 22.1 Å². The number of furan rings is 1. The SMILES string of the molecule is CCN(Cc1ccc(OC)c(OC)c1)C(=O)c1oc2ccccc2c1CS(C)(=O)=O. The molecule has 0 aliphatic rings. The summed E-state index contributed by atoms with van der Waals surface area (Å²) in [6.45, 7) is 2.59. The summed E-state index contributed by atoms with van der Waals surface area (Å²) in [5, 5.41) is 0.633. The van der Waals surface area contributed by atoms with Gasteiger partial charge in [-0.2, -0.15) is 0 Å². The number of methoxy groups -OCH3 is 2. The quantitative estimate of drug-likeness (QED) is 0.541. The lowest BCUT2D eigenvalue weighted by atomic mass is 10.1. The second kappa shape index (κ2) is 8.79. The van der Waals surface area contributed by atoms with E-state index in [-0.39, 0.29) is 17.4 Å². The van der Waals surface area contributed by atoms with Crippen LogP contribution in [0.2, 0.25) is 0 Å². The van der Waals surface area contributed by atoms with Crippen molar-refractivity contribution in [2.24, 2.45) is 0 Å². The Labute approximate surface area is 176 Å². The van der Waals surface area contributed by atoms with Gasteiger partial charge in [0.05, 0.1) is 20.0 Å². The molecule has 30 heavy (non-hydrogen) atoms. The number of nitrogens with zero attached hydrogens (tertiary/aromatic N) is 1. The molecule has 0 spiro atoms. The van der Waals surface area contributed by atoms with E-state index in [0.29, 0.717) is 41.1 Å². The van der Waals surface area contributed by atoms with Gasteiger partial charge in [-0.05, 0) is 30.7 Å². The Morgan fingerprint density at radius 2 is 1.77 bits per heavy atom. The van der Waals surface area contributed by atoms with Crippen LogP contribution in [0.4, 0.5) is 0 Å². The summed E-state index contributed by atoms with van der Waals surface area (Å²) in [6, 6.07) is 12.5. The average Bonchev–Trinajstić information content (AvgIpc) is 3.08. The Morgan fingerprint density at radius 1 is 1.07 bits per heavy atom. The first-order chi connectivity index (χ1) is 14.3. The number of hydrogen-bond acceptors (Lipinski definition) is 6. The van der Waals surface area contributed by atoms with Gasteiger partial charge in [0.1, 0.15) is 5.58 Å². The minimum Gasteiger partial charge on any atom is -0.493 e. The molecule has 0 radical (unpaired) electrons. The Kier molecular flexibility index (Phi) is 6.36. The second-order valence-electron chi connectivity index (χ2n) is 6.98. The maximum Gasteiger partial charge on any atom is 0.290 e. The van der Waals surface area contributed by atoms with Gasteiger partial charge >= 0.3 is 0 Å². The maximum atomic E-state index is 13.3. The van der Waals surface area contributed by atoms with Crippen LogP contribution < -0.4 is 9.47 Å². The van der Waals surface area contributed by atoms with E-state index >= 15 is 0 Å². The van der Waals surface area contributed by atoms with E-state index in [1.165, 1.54) is 0 Å². The van der Waals surface area contributed by atoms with Gasteiger partial charge in [-0.3, -0.25) is 4.79 Å². The van der Waals surface area contributed by atoms with Crippen LogP contribution in [-0.4, -0.2) is 46.2 Å². The number of amides is 1. The van der Waals surface area contributed by atoms with Gasteiger partial charge in [0.2, 0.25) is 0 Å². The number of ether oxygens (including phenoxy) is 2. The summed E-state index contributed by atoms with van der Waals surface area (Å²) in [6.07, 6.45) is 1.14. The molecule has 3 aromatic rings. The maximum absolute atomic E-state index is 13.3. The Bertz CT molecular complexity index is 1170. The van der Waals surface area contributed by atoms with Crippen molar-refractivity contribution in [1.29, 1.82) is 0 Å². The van der Waals surface area contributed by atoms with E-state index in [4.69, 9.17) is 13.9 Å². The van der Waals surface area contributed by atoms with Crippen LogP contribution in [0.5, 0.6) is 11.5 Å². The Hall–Kier alpha value is -3.00. The summed E-state index contributed by atoms with van der Waals surface area (Å²) in [7, 11) is -0.252. The smallest absolute Gasteiger partial charge is 0.290 e. The fraction of sp³-hybridized carbons (Fsp3) is 0.318. The van der Waals surface area contributed by atoms with Crippen molar-refractivity contribution in [1.82, 2.24) is 4.90 Å². The lowest BCUT2D eigenvalue weighted by molar-refractivity contribution is 0.0721. The lowest BCUT2D eigenvalue weighted by Crippen LogP contribution is -2.30. The number of para-hydroxylation sites is 1. The Morgan fingerprint density at radius 3 is 2.40 bits per heavy atom. The number of rotatable bonds is 8. The van der Waals surface area contributed by atoms with E-state index in [1.807, 2.05) is 19.1 Å². The molecule has 0 bridgehead atoms. The highest BCUT2D eigenvalue weighted by Crippen LogP contribution is 2.30. The molecule has 0 aliphatic carbocycles. The molecular formula is C22H25NO6S. The van der Waals surface area contributed by atoms with Crippen molar-refractivity contribution >= 4 is 26.7 Å². The average molecular weight is 432 g/mol. The number of carbonyl (C=O) groups excluding carboxylic acids is 1. The van der Waals surface area contributed by atoms with E-state index in [2.05, 4.69) is 0 Å². The summed E-state index contributed by atoms with van der Waals surface area (Å²) in [5.74, 6) is 0.605. The standard InChI is InChI=1S/C22H25NO6S/c1-5-23(13-15-10-11-19(27-2)20(12-15)28-3)22(24)21-17(14-30(4,25)26)16-8-6-7-9-18(16)29-21/h6-12H,5,13-14H2,1-4H3. The van der Waals surface area contributed by atoms with E-state index < -0.39 is 9.84 Å². The van der Waals surface area contributed by atoms with Gasteiger partial charge < -0.3 is 18.8 Å². The normalized spacial score (nSPS) is 11.5. The van der Waals surface area contributed by atoms with Crippen molar-refractivity contribution in [3.05, 3.63) is 59.4 Å². The van der Waals surface area contributed by atoms with Crippen molar-refractivity contribution in [2.45, 2.75) is 19.2 Å². The highest BCUT2D eigenvalue weighted by Gasteiger charge is 2.26. The van der Waals surface area contributed by atoms with E-state index in [0.717, 1.165) is 11.8 Å². The minimum atomic E-state index is -3.36. The molecule has 1 heterocycles. The number of benzene rings is 2. The first-order valence-electron chi connectivity index (χ1n) is 9.45. The molecule has 2 aromatic carbocycles. The molecule has 160 valence electrons. The van der Waals surface area contributed by atoms with Gasteiger partial charge in [-0.1, -0.05) is 24.3 Å². The van der Waals surface area contributed by atoms with Crippen LogP contribution in [0, 0.1) is 0 Å². The number of hydrogen-bond donors (Lipinski definition) is 0. The van der Waals surface area contributed by atoms with Gasteiger partial charge in [-0.25, -0.2) is 8.42 Å². The lowest BCUT2D eigenvalue weighted by Gasteiger charge is -2.21. The number of sulfone groups is 1. The highest BCUT2D eigenvalue weighted by atomic mass is 32.2. The van der Waals surface area contributed by atoms with Crippen molar-refractivity contribution < 1.29 is 27.1 Å². The Balaban J connectivity index is 1.98. The van der Waals surface area contributed by atoms with Gasteiger partial charge in [0.15, 0.2) is 27.1 Å². The number of fused-ring (bicyclic) bond motifs is 1. The molecule has 1 amide bonds. The molecule has 0 fully saturated rings. The summed E-state index contributed by atoms with van der Waals surface area (Å²) >= 11 is 0. The zero-order chi connectivity index (χ0) is 21.9. The third-order valence-electron chi connectivity index (χ3n) is 4.79. The molecule has 0 unspecified atom stereocenters. The third kappa shape index (κ3) is 4.59. The molecule has 0 N–H and O–H groups in total. The summed E-state index contributed by atoms with van der Waals surface area (Å²) in [5.41, 5.74) is 1.73. The fourth-order valence-electron chi connectivity index (χ4n) is 3.35. The molecule has 0 saturated heterocycles. The largest absolute Gasteiger partial charge is 0.493 e. The van der Waals surface area contributed by atoms with Crippen molar-refractivity contribution in [3.63, 3.8) is 0 Å². The second-order valence-corrected chi connectivity index (χ2v) is 9.12. The van der Waals surface area contributed by atoms with E-state index in [1.54, 1.807) is 49.5 Å². The van der Waals surface area contributed by atoms with E-state index in [9.17, 15) is 13.2 Å². The predicted octanol–water partition coefficient (Wildman–Crippen LogP) is 3.66. The molecule has 1 aromatic heterocycles. The molecule has 8 heteroatoms. The summed E-state index contributed by atoms with van der Waals surface area (Å²) < 4.78 is 40.4. The first-order valence-corrected chi connectivity index (χ1v) is 11.5. The topological polar surface area (TPSA) is 86.1 Å². The van der Waals surface area contributed by atoms with Gasteiger partial charge in [0.25, 0.3) is 5.91 Å². The molecule has 3 rings (SSSR count). The number of carbonyl (C=O) groups is 1.